The van der Waals surface area contributed by atoms with Crippen LogP contribution < -0.4 is 29.6 Å². The van der Waals surface area contributed by atoms with Crippen molar-refractivity contribution >= 4 is 22.1 Å². The first kappa shape index (κ1) is 28.6. The maximum atomic E-state index is 10.2. The second-order valence-corrected chi connectivity index (χ2v) is 6.94. The zero-order valence-corrected chi connectivity index (χ0v) is 17.9. The van der Waals surface area contributed by atoms with Crippen LogP contribution in [0, 0.1) is 12.3 Å². The van der Waals surface area contributed by atoms with Gasteiger partial charge in [-0.2, -0.15) is 21.8 Å². The molecule has 0 bridgehead atoms. The first-order valence-electron chi connectivity index (χ1n) is 7.78. The average Bonchev–Trinajstić information content (AvgIpc) is 2.44. The number of aliphatic carboxylic acids is 2. The van der Waals surface area contributed by atoms with Crippen LogP contribution in [-0.2, 0) is 19.7 Å². The summed E-state index contributed by atoms with van der Waals surface area (Å²) in [6, 6.07) is 0. The molecular formula is C15H29NaO7S. The predicted octanol–water partition coefficient (Wildman–Crippen LogP) is 0.0133. The van der Waals surface area contributed by atoms with E-state index in [-0.39, 0.29) is 29.6 Å². The van der Waals surface area contributed by atoms with E-state index in [1.807, 2.05) is 0 Å². The number of rotatable bonds is 11. The average molecular weight is 376 g/mol. The molecule has 9 heteroatoms. The molecule has 0 fully saturated rings. The number of hydrogen-bond donors (Lipinski definition) is 3. The SMILES string of the molecule is C[CH-]CCC(CC)CCCC.O=C(O)CC(C(=O)O)S(=O)(=O)O.[Na+]. The summed E-state index contributed by atoms with van der Waals surface area (Å²) >= 11 is 0. The van der Waals surface area contributed by atoms with Crippen molar-refractivity contribution in [2.24, 2.45) is 5.92 Å². The van der Waals surface area contributed by atoms with Crippen molar-refractivity contribution in [2.75, 3.05) is 0 Å². The number of hydrogen-bond acceptors (Lipinski definition) is 4. The van der Waals surface area contributed by atoms with Crippen LogP contribution in [0.15, 0.2) is 0 Å². The Morgan fingerprint density at radius 3 is 1.92 bits per heavy atom. The molecule has 3 N–H and O–H groups in total. The van der Waals surface area contributed by atoms with Crippen LogP contribution in [0.3, 0.4) is 0 Å². The van der Waals surface area contributed by atoms with E-state index in [2.05, 4.69) is 27.2 Å². The van der Waals surface area contributed by atoms with E-state index in [0.717, 1.165) is 5.92 Å². The Hall–Kier alpha value is -0.150. The molecule has 24 heavy (non-hydrogen) atoms. The third-order valence-electron chi connectivity index (χ3n) is 3.40. The van der Waals surface area contributed by atoms with E-state index < -0.39 is 33.7 Å². The molecule has 0 spiro atoms. The van der Waals surface area contributed by atoms with Crippen LogP contribution >= 0.6 is 0 Å². The fourth-order valence-corrected chi connectivity index (χ4v) is 2.53. The van der Waals surface area contributed by atoms with Gasteiger partial charge in [-0.1, -0.05) is 46.0 Å². The summed E-state index contributed by atoms with van der Waals surface area (Å²) in [5.41, 5.74) is 0. The Bertz CT molecular complexity index is 429. The van der Waals surface area contributed by atoms with Crippen molar-refractivity contribution in [3.63, 3.8) is 0 Å². The minimum absolute atomic E-state index is 0. The smallest absolute Gasteiger partial charge is 0.481 e. The molecule has 2 unspecified atom stereocenters. The minimum Gasteiger partial charge on any atom is -0.481 e. The number of carboxylic acids is 2. The van der Waals surface area contributed by atoms with Crippen LogP contribution in [0.4, 0.5) is 0 Å². The van der Waals surface area contributed by atoms with E-state index in [0.29, 0.717) is 0 Å². The van der Waals surface area contributed by atoms with Crippen molar-refractivity contribution in [3.05, 3.63) is 6.42 Å². The Balaban J connectivity index is -0.000000354. The van der Waals surface area contributed by atoms with Gasteiger partial charge >= 0.3 is 41.5 Å². The van der Waals surface area contributed by atoms with Crippen molar-refractivity contribution in [2.45, 2.75) is 71.0 Å². The van der Waals surface area contributed by atoms with Gasteiger partial charge in [0.15, 0.2) is 5.25 Å². The summed E-state index contributed by atoms with van der Waals surface area (Å²) in [5.74, 6) is -2.51. The van der Waals surface area contributed by atoms with Crippen LogP contribution in [0.5, 0.6) is 0 Å². The van der Waals surface area contributed by atoms with Crippen molar-refractivity contribution < 1.29 is 62.3 Å². The summed E-state index contributed by atoms with van der Waals surface area (Å²) < 4.78 is 28.7. The normalized spacial score (nSPS) is 13.0. The number of carboxylic acid groups (broad SMARTS) is 2. The molecule has 0 aliphatic heterocycles. The van der Waals surface area contributed by atoms with Crippen LogP contribution in [-0.4, -0.2) is 40.4 Å². The van der Waals surface area contributed by atoms with E-state index >= 15 is 0 Å². The van der Waals surface area contributed by atoms with Crippen LogP contribution in [0.2, 0.25) is 0 Å². The molecule has 0 saturated heterocycles. The molecule has 0 aromatic rings. The molecule has 138 valence electrons. The third kappa shape index (κ3) is 16.7. The summed E-state index contributed by atoms with van der Waals surface area (Å²) in [7, 11) is -4.84. The Labute approximate surface area is 167 Å². The van der Waals surface area contributed by atoms with Gasteiger partial charge in [0, 0.05) is 0 Å². The van der Waals surface area contributed by atoms with E-state index in [1.165, 1.54) is 38.5 Å². The zero-order valence-electron chi connectivity index (χ0n) is 15.1. The standard InChI is InChI=1S/C11H23.C4H6O7S.Na/c1-4-7-9-11(6-3)10-8-5-2;5-3(6)1-2(4(7)8)12(9,10)11;/h4,11H,5-10H2,1-3H3;2H,1H2,(H,5,6)(H,7,8)(H,9,10,11);/q-1;;+1. The Morgan fingerprint density at radius 2 is 1.67 bits per heavy atom. The second-order valence-electron chi connectivity index (χ2n) is 5.34. The maximum absolute atomic E-state index is 10.2. The predicted molar refractivity (Wildman–Crippen MR) is 87.7 cm³/mol. The van der Waals surface area contributed by atoms with Gasteiger partial charge in [-0.05, 0) is 5.92 Å². The molecule has 0 saturated carbocycles. The number of unbranched alkanes of at least 4 members (excludes halogenated alkanes) is 2. The van der Waals surface area contributed by atoms with Gasteiger partial charge in [-0.15, -0.1) is 0 Å². The summed E-state index contributed by atoms with van der Waals surface area (Å²) in [6.07, 6.45) is 9.43. The van der Waals surface area contributed by atoms with Crippen molar-refractivity contribution in [1.29, 1.82) is 0 Å². The van der Waals surface area contributed by atoms with E-state index in [4.69, 9.17) is 14.8 Å². The molecule has 2 atom stereocenters. The molecule has 0 heterocycles. The Morgan fingerprint density at radius 1 is 1.12 bits per heavy atom. The van der Waals surface area contributed by atoms with Crippen LogP contribution in [0.25, 0.3) is 0 Å². The number of carbonyl (C=O) groups is 2. The monoisotopic (exact) mass is 376 g/mol. The van der Waals surface area contributed by atoms with Gasteiger partial charge in [0.25, 0.3) is 10.1 Å². The fraction of sp³-hybridized carbons (Fsp3) is 0.800. The molecule has 0 rings (SSSR count). The van der Waals surface area contributed by atoms with E-state index in [9.17, 15) is 18.0 Å². The molecular weight excluding hydrogens is 347 g/mol. The molecule has 0 aliphatic rings. The van der Waals surface area contributed by atoms with Gasteiger partial charge in [0.2, 0.25) is 0 Å². The molecule has 0 radical (unpaired) electrons. The topological polar surface area (TPSA) is 129 Å². The minimum atomic E-state index is -4.84. The molecule has 0 amide bonds. The first-order valence-corrected chi connectivity index (χ1v) is 9.29. The second kappa shape index (κ2) is 16.3. The first-order chi connectivity index (χ1) is 10.6. The summed E-state index contributed by atoms with van der Waals surface area (Å²) in [5, 5.41) is 13.9. The van der Waals surface area contributed by atoms with Crippen molar-refractivity contribution in [3.8, 4) is 0 Å². The van der Waals surface area contributed by atoms with Gasteiger partial charge in [-0.3, -0.25) is 14.1 Å². The third-order valence-corrected chi connectivity index (χ3v) is 4.49. The largest absolute Gasteiger partial charge is 1.00 e. The van der Waals surface area contributed by atoms with Gasteiger partial charge < -0.3 is 16.6 Å². The van der Waals surface area contributed by atoms with Gasteiger partial charge in [0.1, 0.15) is 0 Å². The maximum Gasteiger partial charge on any atom is 1.00 e. The van der Waals surface area contributed by atoms with E-state index in [1.54, 1.807) is 0 Å². The van der Waals surface area contributed by atoms with Crippen LogP contribution in [0.1, 0.15) is 65.7 Å². The quantitative estimate of drug-likeness (QED) is 0.263. The molecule has 0 aromatic carbocycles. The zero-order chi connectivity index (χ0) is 18.5. The van der Waals surface area contributed by atoms with Gasteiger partial charge in [0.05, 0.1) is 6.42 Å². The molecule has 0 aromatic heterocycles. The summed E-state index contributed by atoms with van der Waals surface area (Å²) in [6.45, 7) is 6.75. The fourth-order valence-electron chi connectivity index (χ4n) is 1.93. The summed E-state index contributed by atoms with van der Waals surface area (Å²) in [4.78, 5) is 20.0. The Kier molecular flexibility index (Phi) is 19.5. The molecule has 7 nitrogen and oxygen atoms in total. The van der Waals surface area contributed by atoms with Gasteiger partial charge in [-0.25, -0.2) is 0 Å². The molecule has 0 aliphatic carbocycles. The van der Waals surface area contributed by atoms with Crippen molar-refractivity contribution in [1.82, 2.24) is 0 Å².